The van der Waals surface area contributed by atoms with Gasteiger partial charge in [-0.15, -0.1) is 0 Å². The second kappa shape index (κ2) is 6.31. The first kappa shape index (κ1) is 12.8. The number of nitrogens with zero attached hydrogens (tertiary/aromatic N) is 2. The Balaban J connectivity index is 2.25. The molecule has 0 bridgehead atoms. The third kappa shape index (κ3) is 3.39. The van der Waals surface area contributed by atoms with Crippen LogP contribution in [0.4, 0.5) is 0 Å². The second-order valence-corrected chi connectivity index (χ2v) is 3.80. The summed E-state index contributed by atoms with van der Waals surface area (Å²) in [6.07, 6.45) is 3.26. The number of pyridine rings is 1. The number of nitroso groups, excluding NO2 is 1. The van der Waals surface area contributed by atoms with E-state index in [0.717, 1.165) is 22.4 Å². The number of benzene rings is 1. The molecule has 1 aromatic carbocycles. The molecule has 0 amide bonds. The summed E-state index contributed by atoms with van der Waals surface area (Å²) in [7, 11) is 1.62. The monoisotopic (exact) mass is 252 g/mol. The molecule has 19 heavy (non-hydrogen) atoms. The van der Waals surface area contributed by atoms with E-state index in [2.05, 4.69) is 22.0 Å². The highest BCUT2D eigenvalue weighted by molar-refractivity contribution is 5.46. The van der Waals surface area contributed by atoms with E-state index < -0.39 is 0 Å². The number of hydrogen-bond acceptors (Lipinski definition) is 4. The fraction of sp³-hybridized carbons (Fsp3) is 0.133. The van der Waals surface area contributed by atoms with Gasteiger partial charge in [0.15, 0.2) is 0 Å². The smallest absolute Gasteiger partial charge is 0.118 e. The molecule has 1 aromatic heterocycles. The molecule has 0 fully saturated rings. The Morgan fingerprint density at radius 2 is 2.00 bits per heavy atom. The third-order valence-electron chi connectivity index (χ3n) is 2.58. The Morgan fingerprint density at radius 3 is 2.68 bits per heavy atom. The average molecular weight is 252 g/mol. The van der Waals surface area contributed by atoms with Crippen molar-refractivity contribution in [3.63, 3.8) is 0 Å². The molecule has 0 saturated carbocycles. The van der Waals surface area contributed by atoms with Crippen LogP contribution in [0.2, 0.25) is 0 Å². The average Bonchev–Trinajstić information content (AvgIpc) is 2.47. The van der Waals surface area contributed by atoms with Crippen molar-refractivity contribution in [1.29, 1.82) is 0 Å². The Bertz CT molecular complexity index is 625. The summed E-state index contributed by atoms with van der Waals surface area (Å²) < 4.78 is 5.08. The molecule has 0 unspecified atom stereocenters. The van der Waals surface area contributed by atoms with Crippen LogP contribution in [0.15, 0.2) is 47.9 Å². The lowest BCUT2D eigenvalue weighted by Crippen LogP contribution is -1.89. The number of ether oxygens (including phenoxy) is 1. The molecule has 94 valence electrons. The van der Waals surface area contributed by atoms with Crippen molar-refractivity contribution in [2.24, 2.45) is 5.18 Å². The summed E-state index contributed by atoms with van der Waals surface area (Å²) in [6, 6.07) is 9.20. The number of aromatic nitrogens is 1. The normalized spacial score (nSPS) is 9.32. The molecule has 4 nitrogen and oxygen atoms in total. The molecule has 2 aromatic rings. The summed E-state index contributed by atoms with van der Waals surface area (Å²) in [5.41, 5.74) is 2.37. The van der Waals surface area contributed by atoms with Crippen molar-refractivity contribution in [2.45, 2.75) is 6.54 Å². The highest BCUT2D eigenvalue weighted by Crippen LogP contribution is 2.11. The van der Waals surface area contributed by atoms with E-state index in [0.29, 0.717) is 0 Å². The zero-order valence-corrected chi connectivity index (χ0v) is 10.5. The molecule has 1 heterocycles. The molecular formula is C15H12N2O2. The van der Waals surface area contributed by atoms with Gasteiger partial charge in [-0.3, -0.25) is 4.98 Å². The molecule has 2 rings (SSSR count). The zero-order chi connectivity index (χ0) is 13.5. The maximum Gasteiger partial charge on any atom is 0.118 e. The van der Waals surface area contributed by atoms with Gasteiger partial charge in [0.2, 0.25) is 0 Å². The fourth-order valence-corrected chi connectivity index (χ4v) is 1.56. The van der Waals surface area contributed by atoms with Crippen LogP contribution in [0.3, 0.4) is 0 Å². The minimum atomic E-state index is 0.106. The lowest BCUT2D eigenvalue weighted by Gasteiger charge is -1.98. The predicted octanol–water partition coefficient (Wildman–Crippen LogP) is 2.76. The van der Waals surface area contributed by atoms with Gasteiger partial charge in [-0.05, 0) is 35.9 Å². The van der Waals surface area contributed by atoms with Crippen LogP contribution < -0.4 is 4.74 Å². The predicted molar refractivity (Wildman–Crippen MR) is 72.7 cm³/mol. The maximum atomic E-state index is 10.3. The molecule has 0 aliphatic rings. The van der Waals surface area contributed by atoms with Crippen LogP contribution in [0.1, 0.15) is 16.7 Å². The molecule has 0 atom stereocenters. The highest BCUT2D eigenvalue weighted by Gasteiger charge is 1.99. The van der Waals surface area contributed by atoms with Crippen molar-refractivity contribution < 1.29 is 4.74 Å². The highest BCUT2D eigenvalue weighted by atomic mass is 16.5. The molecule has 0 aliphatic heterocycles. The lowest BCUT2D eigenvalue weighted by atomic mass is 10.1. The zero-order valence-electron chi connectivity index (χ0n) is 10.5. The number of hydrogen-bond donors (Lipinski definition) is 0. The van der Waals surface area contributed by atoms with Crippen LogP contribution >= 0.6 is 0 Å². The van der Waals surface area contributed by atoms with E-state index in [-0.39, 0.29) is 6.54 Å². The van der Waals surface area contributed by atoms with Crippen LogP contribution in [0.5, 0.6) is 5.75 Å². The Hall–Kier alpha value is -2.67. The third-order valence-corrected chi connectivity index (χ3v) is 2.58. The van der Waals surface area contributed by atoms with Crippen molar-refractivity contribution in [3.8, 4) is 17.6 Å². The van der Waals surface area contributed by atoms with Gasteiger partial charge in [-0.2, -0.15) is 4.91 Å². The first-order chi connectivity index (χ1) is 9.33. The SMILES string of the molecule is COc1ccc(C#Cc2cnccc2CN=O)cc1. The van der Waals surface area contributed by atoms with Gasteiger partial charge < -0.3 is 4.74 Å². The van der Waals surface area contributed by atoms with E-state index in [1.54, 1.807) is 25.6 Å². The minimum absolute atomic E-state index is 0.106. The van der Waals surface area contributed by atoms with Crippen molar-refractivity contribution >= 4 is 0 Å². The summed E-state index contributed by atoms with van der Waals surface area (Å²) in [4.78, 5) is 14.3. The molecule has 0 radical (unpaired) electrons. The van der Waals surface area contributed by atoms with Gasteiger partial charge in [-0.1, -0.05) is 17.0 Å². The molecule has 0 N–H and O–H groups in total. The second-order valence-electron chi connectivity index (χ2n) is 3.80. The van der Waals surface area contributed by atoms with E-state index >= 15 is 0 Å². The van der Waals surface area contributed by atoms with Gasteiger partial charge in [0.25, 0.3) is 0 Å². The van der Waals surface area contributed by atoms with Gasteiger partial charge in [-0.25, -0.2) is 0 Å². The van der Waals surface area contributed by atoms with Gasteiger partial charge in [0.05, 0.1) is 7.11 Å². The molecule has 0 saturated heterocycles. The van der Waals surface area contributed by atoms with Crippen LogP contribution in [0.25, 0.3) is 0 Å². The van der Waals surface area contributed by atoms with Gasteiger partial charge >= 0.3 is 0 Å². The largest absolute Gasteiger partial charge is 0.497 e. The maximum absolute atomic E-state index is 10.3. The number of methoxy groups -OCH3 is 1. The van der Waals surface area contributed by atoms with E-state index in [1.165, 1.54) is 0 Å². The standard InChI is InChI=1S/C15H12N2O2/c1-19-15-6-3-12(4-7-15)2-5-13-10-16-9-8-14(13)11-17-18/h3-4,6-10H,11H2,1H3. The van der Waals surface area contributed by atoms with Gasteiger partial charge in [0.1, 0.15) is 12.3 Å². The molecule has 4 heteroatoms. The molecule has 0 aliphatic carbocycles. The summed E-state index contributed by atoms with van der Waals surface area (Å²) in [5, 5.41) is 2.88. The summed E-state index contributed by atoms with van der Waals surface area (Å²) in [6.45, 7) is 0.106. The summed E-state index contributed by atoms with van der Waals surface area (Å²) >= 11 is 0. The van der Waals surface area contributed by atoms with E-state index in [1.807, 2.05) is 24.3 Å². The minimum Gasteiger partial charge on any atom is -0.497 e. The topological polar surface area (TPSA) is 51.6 Å². The van der Waals surface area contributed by atoms with Crippen LogP contribution in [0, 0.1) is 16.7 Å². The number of rotatable bonds is 3. The Morgan fingerprint density at radius 1 is 1.21 bits per heavy atom. The van der Waals surface area contributed by atoms with Crippen LogP contribution in [-0.2, 0) is 6.54 Å². The molecule has 0 spiro atoms. The Kier molecular flexibility index (Phi) is 4.25. The van der Waals surface area contributed by atoms with Crippen LogP contribution in [-0.4, -0.2) is 12.1 Å². The first-order valence-electron chi connectivity index (χ1n) is 5.71. The Labute approximate surface area is 111 Å². The molecular weight excluding hydrogens is 240 g/mol. The summed E-state index contributed by atoms with van der Waals surface area (Å²) in [5.74, 6) is 6.81. The van der Waals surface area contributed by atoms with Crippen molar-refractivity contribution in [1.82, 2.24) is 4.98 Å². The van der Waals surface area contributed by atoms with E-state index in [9.17, 15) is 4.91 Å². The van der Waals surface area contributed by atoms with Crippen molar-refractivity contribution in [3.05, 3.63) is 64.3 Å². The quantitative estimate of drug-likeness (QED) is 0.623. The first-order valence-corrected chi connectivity index (χ1v) is 5.71. The van der Waals surface area contributed by atoms with Gasteiger partial charge in [0, 0.05) is 23.5 Å². The lowest BCUT2D eigenvalue weighted by molar-refractivity contribution is 0.415. The van der Waals surface area contributed by atoms with Crippen molar-refractivity contribution in [2.75, 3.05) is 7.11 Å². The fourth-order valence-electron chi connectivity index (χ4n) is 1.56. The van der Waals surface area contributed by atoms with E-state index in [4.69, 9.17) is 4.74 Å².